The molecular formula is C12H26O6. The molecule has 0 spiro atoms. The standard InChI is InChI=1S/C12H26O6/c1-8(15)5-12(18)10(6-9(16)7-14)11(17)3-2-4-13/h8-18H,2-7H2,1H3. The Morgan fingerprint density at radius 2 is 1.50 bits per heavy atom. The molecule has 5 atom stereocenters. The van der Waals surface area contributed by atoms with Gasteiger partial charge in [0.15, 0.2) is 0 Å². The molecule has 6 heteroatoms. The van der Waals surface area contributed by atoms with Gasteiger partial charge in [0.05, 0.1) is 31.0 Å². The van der Waals surface area contributed by atoms with Gasteiger partial charge < -0.3 is 30.6 Å². The van der Waals surface area contributed by atoms with Gasteiger partial charge in [0.1, 0.15) is 0 Å². The topological polar surface area (TPSA) is 121 Å². The van der Waals surface area contributed by atoms with Crippen LogP contribution >= 0.6 is 0 Å². The first-order valence-electron chi connectivity index (χ1n) is 6.36. The van der Waals surface area contributed by atoms with E-state index >= 15 is 0 Å². The van der Waals surface area contributed by atoms with E-state index in [0.29, 0.717) is 12.8 Å². The Morgan fingerprint density at radius 1 is 0.889 bits per heavy atom. The van der Waals surface area contributed by atoms with Crippen LogP contribution in [0.4, 0.5) is 0 Å². The number of aliphatic hydroxyl groups excluding tert-OH is 6. The SMILES string of the molecule is CC(O)CC(O)C(CC(O)CO)C(O)CCCO. The van der Waals surface area contributed by atoms with Crippen molar-refractivity contribution >= 4 is 0 Å². The zero-order chi connectivity index (χ0) is 14.1. The number of hydrogen-bond acceptors (Lipinski definition) is 6. The molecule has 110 valence electrons. The Hall–Kier alpha value is -0.240. The summed E-state index contributed by atoms with van der Waals surface area (Å²) < 4.78 is 0. The molecular weight excluding hydrogens is 240 g/mol. The second-order valence-electron chi connectivity index (χ2n) is 4.82. The van der Waals surface area contributed by atoms with E-state index in [2.05, 4.69) is 0 Å². The van der Waals surface area contributed by atoms with Crippen molar-refractivity contribution in [3.63, 3.8) is 0 Å². The highest BCUT2D eigenvalue weighted by atomic mass is 16.3. The minimum atomic E-state index is -1.01. The van der Waals surface area contributed by atoms with Crippen molar-refractivity contribution in [1.82, 2.24) is 0 Å². The van der Waals surface area contributed by atoms with Gasteiger partial charge in [0.25, 0.3) is 0 Å². The molecule has 0 fully saturated rings. The van der Waals surface area contributed by atoms with Crippen molar-refractivity contribution in [3.8, 4) is 0 Å². The highest BCUT2D eigenvalue weighted by Crippen LogP contribution is 2.23. The fraction of sp³-hybridized carbons (Fsp3) is 1.00. The van der Waals surface area contributed by atoms with Gasteiger partial charge in [0.2, 0.25) is 0 Å². The van der Waals surface area contributed by atoms with Crippen LogP contribution in [-0.2, 0) is 0 Å². The Kier molecular flexibility index (Phi) is 9.53. The summed E-state index contributed by atoms with van der Waals surface area (Å²) in [7, 11) is 0. The summed E-state index contributed by atoms with van der Waals surface area (Å²) in [6, 6.07) is 0. The van der Waals surface area contributed by atoms with Gasteiger partial charge in [0, 0.05) is 12.5 Å². The third-order valence-corrected chi connectivity index (χ3v) is 2.98. The van der Waals surface area contributed by atoms with E-state index in [1.54, 1.807) is 0 Å². The minimum absolute atomic E-state index is 0.0526. The van der Waals surface area contributed by atoms with Crippen molar-refractivity contribution in [2.45, 2.75) is 57.0 Å². The molecule has 18 heavy (non-hydrogen) atoms. The highest BCUT2D eigenvalue weighted by molar-refractivity contribution is 4.80. The Bertz CT molecular complexity index is 199. The van der Waals surface area contributed by atoms with Crippen molar-refractivity contribution in [1.29, 1.82) is 0 Å². The van der Waals surface area contributed by atoms with Crippen LogP contribution in [0.1, 0.15) is 32.6 Å². The Balaban J connectivity index is 4.48. The fourth-order valence-corrected chi connectivity index (χ4v) is 2.00. The van der Waals surface area contributed by atoms with Gasteiger partial charge in [-0.05, 0) is 32.6 Å². The summed E-state index contributed by atoms with van der Waals surface area (Å²) in [6.45, 7) is 1.03. The first-order valence-corrected chi connectivity index (χ1v) is 6.36. The zero-order valence-electron chi connectivity index (χ0n) is 10.8. The predicted molar refractivity (Wildman–Crippen MR) is 65.8 cm³/mol. The Labute approximate surface area is 108 Å². The molecule has 0 amide bonds. The van der Waals surface area contributed by atoms with Gasteiger partial charge in [-0.3, -0.25) is 0 Å². The summed E-state index contributed by atoms with van der Waals surface area (Å²) in [6.07, 6.45) is -2.71. The molecule has 0 aromatic rings. The van der Waals surface area contributed by atoms with E-state index in [9.17, 15) is 20.4 Å². The lowest BCUT2D eigenvalue weighted by molar-refractivity contribution is -0.0433. The molecule has 0 saturated carbocycles. The average molecular weight is 266 g/mol. The summed E-state index contributed by atoms with van der Waals surface area (Å²) in [5.74, 6) is -0.631. The summed E-state index contributed by atoms with van der Waals surface area (Å²) >= 11 is 0. The maximum absolute atomic E-state index is 9.92. The van der Waals surface area contributed by atoms with Crippen molar-refractivity contribution in [2.24, 2.45) is 5.92 Å². The lowest BCUT2D eigenvalue weighted by Gasteiger charge is -2.29. The zero-order valence-corrected chi connectivity index (χ0v) is 10.8. The van der Waals surface area contributed by atoms with Crippen LogP contribution in [0.15, 0.2) is 0 Å². The van der Waals surface area contributed by atoms with Gasteiger partial charge >= 0.3 is 0 Å². The first kappa shape index (κ1) is 17.8. The van der Waals surface area contributed by atoms with Gasteiger partial charge in [-0.15, -0.1) is 0 Å². The molecule has 0 saturated heterocycles. The lowest BCUT2D eigenvalue weighted by atomic mass is 9.85. The van der Waals surface area contributed by atoms with Crippen LogP contribution in [0, 0.1) is 5.92 Å². The molecule has 0 bridgehead atoms. The molecule has 0 rings (SSSR count). The molecule has 6 N–H and O–H groups in total. The predicted octanol–water partition coefficient (Wildman–Crippen LogP) is -1.39. The lowest BCUT2D eigenvalue weighted by Crippen LogP contribution is -2.37. The second-order valence-corrected chi connectivity index (χ2v) is 4.82. The maximum atomic E-state index is 9.92. The van der Waals surface area contributed by atoms with E-state index in [-0.39, 0.29) is 19.4 Å². The molecule has 0 aromatic heterocycles. The quantitative estimate of drug-likeness (QED) is 0.289. The molecule has 0 aliphatic carbocycles. The van der Waals surface area contributed by atoms with E-state index in [1.807, 2.05) is 0 Å². The molecule has 0 aliphatic heterocycles. The van der Waals surface area contributed by atoms with E-state index in [1.165, 1.54) is 6.92 Å². The maximum Gasteiger partial charge on any atom is 0.0775 e. The highest BCUT2D eigenvalue weighted by Gasteiger charge is 2.29. The second kappa shape index (κ2) is 9.66. The van der Waals surface area contributed by atoms with Crippen LogP contribution in [0.25, 0.3) is 0 Å². The van der Waals surface area contributed by atoms with Crippen LogP contribution < -0.4 is 0 Å². The van der Waals surface area contributed by atoms with Crippen LogP contribution in [0.2, 0.25) is 0 Å². The van der Waals surface area contributed by atoms with Crippen LogP contribution in [0.3, 0.4) is 0 Å². The largest absolute Gasteiger partial charge is 0.396 e. The van der Waals surface area contributed by atoms with E-state index < -0.39 is 36.9 Å². The van der Waals surface area contributed by atoms with E-state index in [4.69, 9.17) is 10.2 Å². The molecule has 0 heterocycles. The molecule has 0 radical (unpaired) electrons. The molecule has 5 unspecified atom stereocenters. The van der Waals surface area contributed by atoms with Crippen molar-refractivity contribution in [3.05, 3.63) is 0 Å². The normalized spacial score (nSPS) is 20.2. The number of hydrogen-bond donors (Lipinski definition) is 6. The average Bonchev–Trinajstić information content (AvgIpc) is 2.31. The molecule has 0 aliphatic rings. The van der Waals surface area contributed by atoms with Gasteiger partial charge in [-0.2, -0.15) is 0 Å². The molecule has 0 aromatic carbocycles. The summed E-state index contributed by atoms with van der Waals surface area (Å²) in [4.78, 5) is 0. The van der Waals surface area contributed by atoms with Gasteiger partial charge in [-0.1, -0.05) is 0 Å². The summed E-state index contributed by atoms with van der Waals surface area (Å²) in [5.41, 5.74) is 0. The molecule has 6 nitrogen and oxygen atoms in total. The van der Waals surface area contributed by atoms with Crippen molar-refractivity contribution < 1.29 is 30.6 Å². The van der Waals surface area contributed by atoms with Crippen LogP contribution in [0.5, 0.6) is 0 Å². The van der Waals surface area contributed by atoms with Gasteiger partial charge in [-0.25, -0.2) is 0 Å². The smallest absolute Gasteiger partial charge is 0.0775 e. The fourth-order valence-electron chi connectivity index (χ4n) is 2.00. The Morgan fingerprint density at radius 3 is 1.94 bits per heavy atom. The third-order valence-electron chi connectivity index (χ3n) is 2.98. The summed E-state index contributed by atoms with van der Waals surface area (Å²) in [5, 5.41) is 56.0. The number of aliphatic hydroxyl groups is 6. The third kappa shape index (κ3) is 7.25. The van der Waals surface area contributed by atoms with E-state index in [0.717, 1.165) is 0 Å². The van der Waals surface area contributed by atoms with Crippen LogP contribution in [-0.4, -0.2) is 68.3 Å². The minimum Gasteiger partial charge on any atom is -0.396 e. The van der Waals surface area contributed by atoms with Crippen molar-refractivity contribution in [2.75, 3.05) is 13.2 Å². The number of rotatable bonds is 10. The first-order chi connectivity index (χ1) is 8.42. The monoisotopic (exact) mass is 266 g/mol.